The summed E-state index contributed by atoms with van der Waals surface area (Å²) in [5.41, 5.74) is 5.27. The molecule has 2 aliphatic heterocycles. The SMILES string of the molecule is O=C(/C=C/c1ccccc1)N1CCN(c2ccc([N+](=O)[O-])c(N3CCc4ccccc4C3)c2)CC1. The molecule has 0 bridgehead atoms. The molecular formula is C28H28N4O3. The highest BCUT2D eigenvalue weighted by atomic mass is 16.6. The van der Waals surface area contributed by atoms with E-state index >= 15 is 0 Å². The molecule has 2 aliphatic rings. The Morgan fingerprint density at radius 2 is 1.54 bits per heavy atom. The predicted octanol–water partition coefficient (Wildman–Crippen LogP) is 4.52. The van der Waals surface area contributed by atoms with Crippen molar-refractivity contribution < 1.29 is 9.72 Å². The second-order valence-corrected chi connectivity index (χ2v) is 8.93. The van der Waals surface area contributed by atoms with Gasteiger partial charge in [-0.05, 0) is 41.3 Å². The Bertz CT molecular complexity index is 1250. The number of hydrogen-bond acceptors (Lipinski definition) is 5. The molecule has 3 aromatic carbocycles. The summed E-state index contributed by atoms with van der Waals surface area (Å²) in [6.45, 7) is 4.01. The first-order valence-corrected chi connectivity index (χ1v) is 12.0. The Kier molecular flexibility index (Phi) is 6.48. The molecule has 0 radical (unpaired) electrons. The zero-order chi connectivity index (χ0) is 24.2. The first-order valence-electron chi connectivity index (χ1n) is 12.0. The minimum Gasteiger partial charge on any atom is -0.368 e. The van der Waals surface area contributed by atoms with E-state index in [0.717, 1.165) is 24.2 Å². The fraction of sp³-hybridized carbons (Fsp3) is 0.250. The number of rotatable bonds is 5. The van der Waals surface area contributed by atoms with E-state index in [4.69, 9.17) is 0 Å². The van der Waals surface area contributed by atoms with Gasteiger partial charge in [-0.15, -0.1) is 0 Å². The van der Waals surface area contributed by atoms with Crippen LogP contribution < -0.4 is 9.80 Å². The number of nitro groups is 1. The summed E-state index contributed by atoms with van der Waals surface area (Å²) in [4.78, 5) is 30.3. The van der Waals surface area contributed by atoms with E-state index in [1.807, 2.05) is 65.6 Å². The lowest BCUT2D eigenvalue weighted by Crippen LogP contribution is -2.48. The molecule has 0 spiro atoms. The molecule has 7 nitrogen and oxygen atoms in total. The van der Waals surface area contributed by atoms with Crippen LogP contribution in [-0.2, 0) is 17.8 Å². The number of carbonyl (C=O) groups is 1. The van der Waals surface area contributed by atoms with Crippen LogP contribution >= 0.6 is 0 Å². The fourth-order valence-electron chi connectivity index (χ4n) is 4.84. The maximum atomic E-state index is 12.6. The second-order valence-electron chi connectivity index (χ2n) is 8.93. The maximum absolute atomic E-state index is 12.6. The van der Waals surface area contributed by atoms with Crippen molar-refractivity contribution in [3.05, 3.63) is 106 Å². The van der Waals surface area contributed by atoms with Gasteiger partial charge in [0.05, 0.1) is 4.92 Å². The van der Waals surface area contributed by atoms with Crippen LogP contribution in [0.5, 0.6) is 0 Å². The first-order chi connectivity index (χ1) is 17.1. The third-order valence-electron chi connectivity index (χ3n) is 6.80. The number of carbonyl (C=O) groups excluding carboxylic acids is 1. The van der Waals surface area contributed by atoms with Gasteiger partial charge in [-0.25, -0.2) is 0 Å². The third kappa shape index (κ3) is 5.04. The molecular weight excluding hydrogens is 440 g/mol. The third-order valence-corrected chi connectivity index (χ3v) is 6.80. The standard InChI is InChI=1S/C28H28N4O3/c33-28(13-10-22-6-2-1-3-7-22)30-18-16-29(17-19-30)25-11-12-26(32(34)35)27(20-25)31-15-14-23-8-4-5-9-24(23)21-31/h1-13,20H,14-19,21H2/b13-10+. The number of benzene rings is 3. The summed E-state index contributed by atoms with van der Waals surface area (Å²) >= 11 is 0. The minimum absolute atomic E-state index is 0.00451. The lowest BCUT2D eigenvalue weighted by molar-refractivity contribution is -0.384. The van der Waals surface area contributed by atoms with Crippen LogP contribution in [0.4, 0.5) is 17.1 Å². The van der Waals surface area contributed by atoms with Gasteiger partial charge in [-0.3, -0.25) is 14.9 Å². The van der Waals surface area contributed by atoms with Gasteiger partial charge in [0, 0.05) is 57.1 Å². The van der Waals surface area contributed by atoms with Crippen molar-refractivity contribution in [3.8, 4) is 0 Å². The molecule has 0 unspecified atom stereocenters. The van der Waals surface area contributed by atoms with Crippen molar-refractivity contribution in [3.63, 3.8) is 0 Å². The molecule has 3 aromatic rings. The molecule has 0 N–H and O–H groups in total. The number of hydrogen-bond donors (Lipinski definition) is 0. The van der Waals surface area contributed by atoms with Gasteiger partial charge in [0.2, 0.25) is 5.91 Å². The number of nitro benzene ring substituents is 1. The Labute approximate surface area is 205 Å². The van der Waals surface area contributed by atoms with Crippen LogP contribution in [-0.4, -0.2) is 48.5 Å². The summed E-state index contributed by atoms with van der Waals surface area (Å²) in [6.07, 6.45) is 4.34. The van der Waals surface area contributed by atoms with Crippen molar-refractivity contribution in [2.24, 2.45) is 0 Å². The van der Waals surface area contributed by atoms with E-state index in [9.17, 15) is 14.9 Å². The lowest BCUT2D eigenvalue weighted by Gasteiger charge is -2.36. The largest absolute Gasteiger partial charge is 0.368 e. The van der Waals surface area contributed by atoms with Crippen LogP contribution in [0.25, 0.3) is 6.08 Å². The zero-order valence-electron chi connectivity index (χ0n) is 19.5. The molecule has 178 valence electrons. The number of nitrogens with zero attached hydrogens (tertiary/aromatic N) is 4. The Hall–Kier alpha value is -4.13. The molecule has 0 aliphatic carbocycles. The lowest BCUT2D eigenvalue weighted by atomic mass is 9.99. The summed E-state index contributed by atoms with van der Waals surface area (Å²) < 4.78 is 0. The molecule has 7 heteroatoms. The van der Waals surface area contributed by atoms with E-state index in [2.05, 4.69) is 21.9 Å². The Morgan fingerprint density at radius 1 is 0.829 bits per heavy atom. The Morgan fingerprint density at radius 3 is 2.29 bits per heavy atom. The summed E-state index contributed by atoms with van der Waals surface area (Å²) in [5.74, 6) is 0.00451. The average molecular weight is 469 g/mol. The smallest absolute Gasteiger partial charge is 0.292 e. The van der Waals surface area contributed by atoms with Crippen LogP contribution in [0, 0.1) is 10.1 Å². The number of fused-ring (bicyclic) bond motifs is 1. The number of anilines is 2. The van der Waals surface area contributed by atoms with E-state index in [-0.39, 0.29) is 16.5 Å². The van der Waals surface area contributed by atoms with Gasteiger partial charge in [0.25, 0.3) is 5.69 Å². The molecule has 0 aromatic heterocycles. The maximum Gasteiger partial charge on any atom is 0.292 e. The molecule has 2 heterocycles. The summed E-state index contributed by atoms with van der Waals surface area (Å²) in [6, 6.07) is 23.5. The monoisotopic (exact) mass is 468 g/mol. The highest BCUT2D eigenvalue weighted by Gasteiger charge is 2.26. The molecule has 1 amide bonds. The Balaban J connectivity index is 1.28. The van der Waals surface area contributed by atoms with Gasteiger partial charge in [0.15, 0.2) is 0 Å². The molecule has 5 rings (SSSR count). The van der Waals surface area contributed by atoms with Gasteiger partial charge in [-0.2, -0.15) is 0 Å². The van der Waals surface area contributed by atoms with Crippen molar-refractivity contribution in [1.29, 1.82) is 0 Å². The fourth-order valence-corrected chi connectivity index (χ4v) is 4.84. The normalized spacial score (nSPS) is 15.8. The van der Waals surface area contributed by atoms with Gasteiger partial charge >= 0.3 is 0 Å². The first kappa shape index (κ1) is 22.7. The van der Waals surface area contributed by atoms with Crippen LogP contribution in [0.2, 0.25) is 0 Å². The van der Waals surface area contributed by atoms with E-state index in [1.165, 1.54) is 11.1 Å². The van der Waals surface area contributed by atoms with E-state index < -0.39 is 0 Å². The van der Waals surface area contributed by atoms with Crippen LogP contribution in [0.1, 0.15) is 16.7 Å². The second kappa shape index (κ2) is 10.0. The number of amides is 1. The molecule has 1 saturated heterocycles. The van der Waals surface area contributed by atoms with Gasteiger partial charge in [0.1, 0.15) is 5.69 Å². The minimum atomic E-state index is -0.296. The topological polar surface area (TPSA) is 69.9 Å². The van der Waals surface area contributed by atoms with E-state index in [0.29, 0.717) is 38.4 Å². The van der Waals surface area contributed by atoms with Gasteiger partial charge < -0.3 is 14.7 Å². The molecule has 35 heavy (non-hydrogen) atoms. The van der Waals surface area contributed by atoms with Crippen molar-refractivity contribution in [2.45, 2.75) is 13.0 Å². The van der Waals surface area contributed by atoms with E-state index in [1.54, 1.807) is 12.1 Å². The summed E-state index contributed by atoms with van der Waals surface area (Å²) in [5, 5.41) is 11.8. The average Bonchev–Trinajstić information content (AvgIpc) is 2.91. The van der Waals surface area contributed by atoms with Crippen LogP contribution in [0.15, 0.2) is 78.9 Å². The quantitative estimate of drug-likeness (QED) is 0.313. The molecule has 0 atom stereocenters. The van der Waals surface area contributed by atoms with Crippen molar-refractivity contribution in [1.82, 2.24) is 4.90 Å². The van der Waals surface area contributed by atoms with Crippen molar-refractivity contribution in [2.75, 3.05) is 42.5 Å². The predicted molar refractivity (Wildman–Crippen MR) is 139 cm³/mol. The summed E-state index contributed by atoms with van der Waals surface area (Å²) in [7, 11) is 0. The molecule has 1 fully saturated rings. The zero-order valence-corrected chi connectivity index (χ0v) is 19.5. The highest BCUT2D eigenvalue weighted by Crippen LogP contribution is 2.35. The van der Waals surface area contributed by atoms with Gasteiger partial charge in [-0.1, -0.05) is 54.6 Å². The van der Waals surface area contributed by atoms with Crippen molar-refractivity contribution >= 4 is 29.0 Å². The number of piperazine rings is 1. The van der Waals surface area contributed by atoms with Crippen LogP contribution in [0.3, 0.4) is 0 Å². The highest BCUT2D eigenvalue weighted by molar-refractivity contribution is 5.92. The molecule has 0 saturated carbocycles.